The van der Waals surface area contributed by atoms with E-state index < -0.39 is 0 Å². The van der Waals surface area contributed by atoms with Gasteiger partial charge in [0.25, 0.3) is 0 Å². The van der Waals surface area contributed by atoms with Crippen LogP contribution < -0.4 is 0 Å². The number of hydrogen-bond acceptors (Lipinski definition) is 3. The van der Waals surface area contributed by atoms with E-state index in [0.29, 0.717) is 17.3 Å². The summed E-state index contributed by atoms with van der Waals surface area (Å²) in [4.78, 5) is 7.98. The first-order valence-corrected chi connectivity index (χ1v) is 11.0. The zero-order valence-electron chi connectivity index (χ0n) is 16.8. The van der Waals surface area contributed by atoms with Gasteiger partial charge in [0.05, 0.1) is 0 Å². The van der Waals surface area contributed by atoms with Crippen molar-refractivity contribution >= 4 is 7.92 Å². The maximum Gasteiger partial charge on any atom is 0.0297 e. The van der Waals surface area contributed by atoms with Crippen LogP contribution in [0.5, 0.6) is 0 Å². The van der Waals surface area contributed by atoms with Crippen molar-refractivity contribution in [2.24, 2.45) is 0 Å². The van der Waals surface area contributed by atoms with Gasteiger partial charge in [-0.15, -0.1) is 0 Å². The minimum Gasteiger partial charge on any atom is -0.297 e. The molecule has 134 valence electrons. The highest BCUT2D eigenvalue weighted by molar-refractivity contribution is 7.59. The standard InChI is InChI=1S/C18H42N3P/c1-10-19(11-2)16(7)22(17(8)20(12-3)13-4)18(9)21(14-5)15-6/h16-18H,10-15H2,1-9H3. The molecule has 0 N–H and O–H groups in total. The van der Waals surface area contributed by atoms with Gasteiger partial charge >= 0.3 is 0 Å². The average Bonchev–Trinajstić information content (AvgIpc) is 2.51. The highest BCUT2D eigenvalue weighted by Crippen LogP contribution is 2.53. The summed E-state index contributed by atoms with van der Waals surface area (Å²) in [5.74, 6) is 2.03. The fraction of sp³-hybridized carbons (Fsp3) is 1.00. The first-order valence-electron chi connectivity index (χ1n) is 9.42. The first-order chi connectivity index (χ1) is 10.4. The molecule has 3 atom stereocenters. The van der Waals surface area contributed by atoms with Crippen LogP contribution in [0.1, 0.15) is 62.3 Å². The van der Waals surface area contributed by atoms with Crippen molar-refractivity contribution in [1.29, 1.82) is 0 Å². The summed E-state index contributed by atoms with van der Waals surface area (Å²) in [6, 6.07) is 0. The molecule has 0 radical (unpaired) electrons. The average molecular weight is 332 g/mol. The smallest absolute Gasteiger partial charge is 0.0297 e. The molecular formula is C18H42N3P. The second-order valence-electron chi connectivity index (χ2n) is 6.01. The van der Waals surface area contributed by atoms with Gasteiger partial charge in [-0.1, -0.05) is 49.5 Å². The Morgan fingerprint density at radius 3 is 0.818 bits per heavy atom. The maximum absolute atomic E-state index is 2.66. The van der Waals surface area contributed by atoms with Crippen molar-refractivity contribution in [1.82, 2.24) is 14.7 Å². The Labute approximate surface area is 142 Å². The van der Waals surface area contributed by atoms with Crippen LogP contribution in [0.15, 0.2) is 0 Å². The van der Waals surface area contributed by atoms with Gasteiger partial charge in [-0.2, -0.15) is 0 Å². The third kappa shape index (κ3) is 5.74. The van der Waals surface area contributed by atoms with E-state index in [1.54, 1.807) is 0 Å². The van der Waals surface area contributed by atoms with E-state index in [4.69, 9.17) is 0 Å². The summed E-state index contributed by atoms with van der Waals surface area (Å²) in [7, 11) is -0.120. The molecule has 4 heteroatoms. The summed E-state index contributed by atoms with van der Waals surface area (Å²) in [5, 5.41) is 0. The zero-order chi connectivity index (χ0) is 17.3. The Morgan fingerprint density at radius 1 is 0.500 bits per heavy atom. The van der Waals surface area contributed by atoms with Crippen molar-refractivity contribution in [3.05, 3.63) is 0 Å². The van der Waals surface area contributed by atoms with Gasteiger partial charge in [-0.25, -0.2) is 0 Å². The second kappa shape index (κ2) is 11.8. The highest BCUT2D eigenvalue weighted by Gasteiger charge is 2.35. The molecule has 0 aromatic rings. The molecular weight excluding hydrogens is 289 g/mol. The Bertz CT molecular complexity index is 220. The molecule has 0 amide bonds. The van der Waals surface area contributed by atoms with E-state index in [1.165, 1.54) is 0 Å². The van der Waals surface area contributed by atoms with Crippen LogP contribution in [0.2, 0.25) is 0 Å². The lowest BCUT2D eigenvalue weighted by Gasteiger charge is -2.46. The summed E-state index contributed by atoms with van der Waals surface area (Å²) in [6.07, 6.45) is 0. The molecule has 22 heavy (non-hydrogen) atoms. The lowest BCUT2D eigenvalue weighted by Crippen LogP contribution is -2.45. The van der Waals surface area contributed by atoms with Crippen LogP contribution in [0.25, 0.3) is 0 Å². The van der Waals surface area contributed by atoms with Gasteiger partial charge in [0, 0.05) is 17.3 Å². The largest absolute Gasteiger partial charge is 0.297 e. The monoisotopic (exact) mass is 331 g/mol. The predicted molar refractivity (Wildman–Crippen MR) is 104 cm³/mol. The van der Waals surface area contributed by atoms with Gasteiger partial charge in [0.1, 0.15) is 0 Å². The molecule has 0 bridgehead atoms. The molecule has 0 heterocycles. The minimum atomic E-state index is -0.120. The molecule has 0 saturated carbocycles. The molecule has 3 unspecified atom stereocenters. The second-order valence-corrected chi connectivity index (χ2v) is 9.14. The molecule has 0 aromatic heterocycles. The predicted octanol–water partition coefficient (Wildman–Crippen LogP) is 4.53. The SMILES string of the molecule is CCN(CC)C(C)P(C(C)N(CC)CC)C(C)N(CC)CC. The molecule has 0 aliphatic carbocycles. The van der Waals surface area contributed by atoms with Crippen molar-refractivity contribution < 1.29 is 0 Å². The van der Waals surface area contributed by atoms with Crippen molar-refractivity contribution in [3.63, 3.8) is 0 Å². The van der Waals surface area contributed by atoms with E-state index in [0.717, 1.165) is 39.3 Å². The topological polar surface area (TPSA) is 9.72 Å². The maximum atomic E-state index is 2.66. The van der Waals surface area contributed by atoms with Crippen LogP contribution in [-0.2, 0) is 0 Å². The highest BCUT2D eigenvalue weighted by atomic mass is 31.1. The van der Waals surface area contributed by atoms with E-state index in [-0.39, 0.29) is 7.92 Å². The molecule has 0 saturated heterocycles. The summed E-state index contributed by atoms with van der Waals surface area (Å²) in [6.45, 7) is 28.2. The number of hydrogen-bond donors (Lipinski definition) is 0. The fourth-order valence-electron chi connectivity index (χ4n) is 3.76. The van der Waals surface area contributed by atoms with E-state index in [1.807, 2.05) is 0 Å². The van der Waals surface area contributed by atoms with E-state index in [9.17, 15) is 0 Å². The van der Waals surface area contributed by atoms with E-state index in [2.05, 4.69) is 77.0 Å². The summed E-state index contributed by atoms with van der Waals surface area (Å²) >= 11 is 0. The van der Waals surface area contributed by atoms with Gasteiger partial charge in [0.2, 0.25) is 0 Å². The molecule has 0 aliphatic rings. The normalized spacial score (nSPS) is 18.0. The van der Waals surface area contributed by atoms with Crippen LogP contribution in [0.3, 0.4) is 0 Å². The third-order valence-electron chi connectivity index (χ3n) is 5.32. The van der Waals surface area contributed by atoms with Crippen LogP contribution in [0.4, 0.5) is 0 Å². The van der Waals surface area contributed by atoms with Crippen molar-refractivity contribution in [2.75, 3.05) is 39.3 Å². The van der Waals surface area contributed by atoms with Gasteiger partial charge < -0.3 is 0 Å². The molecule has 0 rings (SSSR count). The first kappa shape index (κ1) is 22.3. The van der Waals surface area contributed by atoms with Crippen LogP contribution in [0, 0.1) is 0 Å². The van der Waals surface area contributed by atoms with Gasteiger partial charge in [-0.05, 0) is 60.0 Å². The molecule has 0 spiro atoms. The lowest BCUT2D eigenvalue weighted by molar-refractivity contribution is 0.245. The van der Waals surface area contributed by atoms with Crippen LogP contribution >= 0.6 is 7.92 Å². The lowest BCUT2D eigenvalue weighted by atomic mass is 10.5. The van der Waals surface area contributed by atoms with Crippen molar-refractivity contribution in [2.45, 2.75) is 79.7 Å². The number of nitrogens with zero attached hydrogens (tertiary/aromatic N) is 3. The van der Waals surface area contributed by atoms with Crippen LogP contribution in [-0.4, -0.2) is 71.3 Å². The third-order valence-corrected chi connectivity index (χ3v) is 8.89. The quantitative estimate of drug-likeness (QED) is 0.486. The summed E-state index contributed by atoms with van der Waals surface area (Å²) < 4.78 is 0. The van der Waals surface area contributed by atoms with Crippen molar-refractivity contribution in [3.8, 4) is 0 Å². The minimum absolute atomic E-state index is 0.120. The van der Waals surface area contributed by atoms with E-state index >= 15 is 0 Å². The zero-order valence-corrected chi connectivity index (χ0v) is 17.7. The van der Waals surface area contributed by atoms with Gasteiger partial charge in [0.15, 0.2) is 0 Å². The summed E-state index contributed by atoms with van der Waals surface area (Å²) in [5.41, 5.74) is 0. The molecule has 0 aromatic carbocycles. The van der Waals surface area contributed by atoms with Gasteiger partial charge in [-0.3, -0.25) is 14.7 Å². The Hall–Kier alpha value is 0.310. The fourth-order valence-corrected chi connectivity index (χ4v) is 7.74. The Kier molecular flexibility index (Phi) is 12.0. The Balaban J connectivity index is 5.45. The number of rotatable bonds is 12. The Morgan fingerprint density at radius 2 is 0.682 bits per heavy atom. The molecule has 3 nitrogen and oxygen atoms in total. The molecule has 0 aliphatic heterocycles. The molecule has 0 fully saturated rings.